The van der Waals surface area contributed by atoms with E-state index in [0.717, 1.165) is 24.0 Å². The van der Waals surface area contributed by atoms with Crippen molar-refractivity contribution < 1.29 is 4.39 Å². The van der Waals surface area contributed by atoms with E-state index in [-0.39, 0.29) is 5.82 Å². The number of nitrogens with zero attached hydrogens (tertiary/aromatic N) is 1. The number of rotatable bonds is 5. The highest BCUT2D eigenvalue weighted by atomic mass is 19.1. The lowest BCUT2D eigenvalue weighted by Crippen LogP contribution is -2.15. The van der Waals surface area contributed by atoms with Crippen molar-refractivity contribution in [1.29, 1.82) is 0 Å². The Balaban J connectivity index is 1.69. The molecule has 0 amide bonds. The molecule has 1 aliphatic carbocycles. The molecule has 2 aromatic rings. The van der Waals surface area contributed by atoms with E-state index in [1.165, 1.54) is 24.5 Å². The van der Waals surface area contributed by atoms with Crippen LogP contribution >= 0.6 is 0 Å². The highest BCUT2D eigenvalue weighted by molar-refractivity contribution is 5.62. The van der Waals surface area contributed by atoms with Gasteiger partial charge in [-0.3, -0.25) is 0 Å². The number of nitrogens with one attached hydrogen (secondary N) is 1. The van der Waals surface area contributed by atoms with E-state index < -0.39 is 0 Å². The minimum Gasteiger partial charge on any atom is -0.345 e. The van der Waals surface area contributed by atoms with Crippen molar-refractivity contribution in [1.82, 2.24) is 5.32 Å². The molecular formula is C17H19FN2. The first-order valence-electron chi connectivity index (χ1n) is 7.04. The largest absolute Gasteiger partial charge is 0.345 e. The van der Waals surface area contributed by atoms with Crippen LogP contribution in [0.25, 0.3) is 0 Å². The van der Waals surface area contributed by atoms with Crippen molar-refractivity contribution in [3.63, 3.8) is 0 Å². The standard InChI is InChI=1S/C17H19FN2/c1-20(17-4-2-3-14(18)11-17)16-9-5-13(6-10-16)12-19-15-7-8-15/h2-6,9-11,15,19H,7-8,12H2,1H3. The molecular weight excluding hydrogens is 251 g/mol. The lowest BCUT2D eigenvalue weighted by Gasteiger charge is -2.20. The molecule has 0 spiro atoms. The topological polar surface area (TPSA) is 15.3 Å². The summed E-state index contributed by atoms with van der Waals surface area (Å²) in [6, 6.07) is 15.8. The molecule has 3 heteroatoms. The van der Waals surface area contributed by atoms with Gasteiger partial charge >= 0.3 is 0 Å². The predicted octanol–water partition coefficient (Wildman–Crippen LogP) is 3.85. The van der Waals surface area contributed by atoms with E-state index in [1.54, 1.807) is 12.1 Å². The van der Waals surface area contributed by atoms with Crippen molar-refractivity contribution in [3.05, 3.63) is 59.9 Å². The predicted molar refractivity (Wildman–Crippen MR) is 80.8 cm³/mol. The molecule has 0 radical (unpaired) electrons. The third-order valence-corrected chi connectivity index (χ3v) is 3.69. The van der Waals surface area contributed by atoms with E-state index in [9.17, 15) is 4.39 Å². The Morgan fingerprint density at radius 3 is 2.50 bits per heavy atom. The van der Waals surface area contributed by atoms with Gasteiger partial charge in [-0.2, -0.15) is 0 Å². The van der Waals surface area contributed by atoms with Gasteiger partial charge in [0.05, 0.1) is 0 Å². The number of hydrogen-bond donors (Lipinski definition) is 1. The molecule has 0 atom stereocenters. The lowest BCUT2D eigenvalue weighted by atomic mass is 10.2. The normalized spacial score (nSPS) is 14.3. The number of halogens is 1. The molecule has 1 saturated carbocycles. The van der Waals surface area contributed by atoms with Gasteiger partial charge in [0.15, 0.2) is 0 Å². The lowest BCUT2D eigenvalue weighted by molar-refractivity contribution is 0.628. The molecule has 0 aromatic heterocycles. The SMILES string of the molecule is CN(c1ccc(CNC2CC2)cc1)c1cccc(F)c1. The Kier molecular flexibility index (Phi) is 3.70. The Bertz CT molecular complexity index is 576. The summed E-state index contributed by atoms with van der Waals surface area (Å²) >= 11 is 0. The minimum atomic E-state index is -0.209. The Morgan fingerprint density at radius 2 is 1.85 bits per heavy atom. The smallest absolute Gasteiger partial charge is 0.125 e. The third-order valence-electron chi connectivity index (χ3n) is 3.69. The zero-order valence-electron chi connectivity index (χ0n) is 11.6. The molecule has 1 N–H and O–H groups in total. The molecule has 1 aliphatic rings. The maximum Gasteiger partial charge on any atom is 0.125 e. The third kappa shape index (κ3) is 3.17. The van der Waals surface area contributed by atoms with Crippen molar-refractivity contribution in [2.45, 2.75) is 25.4 Å². The average molecular weight is 270 g/mol. The summed E-state index contributed by atoms with van der Waals surface area (Å²) in [5.41, 5.74) is 3.20. The van der Waals surface area contributed by atoms with Crippen LogP contribution in [0.4, 0.5) is 15.8 Å². The molecule has 20 heavy (non-hydrogen) atoms. The number of hydrogen-bond acceptors (Lipinski definition) is 2. The first kappa shape index (κ1) is 13.1. The quantitative estimate of drug-likeness (QED) is 0.888. The van der Waals surface area contributed by atoms with Gasteiger partial charge in [-0.1, -0.05) is 18.2 Å². The number of benzene rings is 2. The summed E-state index contributed by atoms with van der Waals surface area (Å²) in [4.78, 5) is 1.99. The highest BCUT2D eigenvalue weighted by Crippen LogP contribution is 2.24. The summed E-state index contributed by atoms with van der Waals surface area (Å²) in [6.45, 7) is 0.925. The van der Waals surface area contributed by atoms with Crippen LogP contribution in [0.1, 0.15) is 18.4 Å². The van der Waals surface area contributed by atoms with Crippen molar-refractivity contribution in [3.8, 4) is 0 Å². The van der Waals surface area contributed by atoms with E-state index >= 15 is 0 Å². The van der Waals surface area contributed by atoms with Crippen LogP contribution in [0, 0.1) is 5.82 Å². The van der Waals surface area contributed by atoms with Crippen LogP contribution in [0.2, 0.25) is 0 Å². The fourth-order valence-corrected chi connectivity index (χ4v) is 2.22. The van der Waals surface area contributed by atoms with Crippen LogP contribution < -0.4 is 10.2 Å². The van der Waals surface area contributed by atoms with E-state index in [1.807, 2.05) is 18.0 Å². The highest BCUT2D eigenvalue weighted by Gasteiger charge is 2.19. The molecule has 3 rings (SSSR count). The van der Waals surface area contributed by atoms with Crippen LogP contribution in [0.5, 0.6) is 0 Å². The second-order valence-electron chi connectivity index (χ2n) is 5.36. The minimum absolute atomic E-state index is 0.209. The fourth-order valence-electron chi connectivity index (χ4n) is 2.22. The van der Waals surface area contributed by atoms with Crippen molar-refractivity contribution in [2.24, 2.45) is 0 Å². The zero-order valence-corrected chi connectivity index (χ0v) is 11.6. The second kappa shape index (κ2) is 5.63. The van der Waals surface area contributed by atoms with Gasteiger partial charge in [0, 0.05) is 31.0 Å². The van der Waals surface area contributed by atoms with Gasteiger partial charge in [0.25, 0.3) is 0 Å². The van der Waals surface area contributed by atoms with E-state index in [0.29, 0.717) is 0 Å². The Morgan fingerprint density at radius 1 is 1.10 bits per heavy atom. The Hall–Kier alpha value is -1.87. The van der Waals surface area contributed by atoms with Crippen LogP contribution in [-0.4, -0.2) is 13.1 Å². The second-order valence-corrected chi connectivity index (χ2v) is 5.36. The van der Waals surface area contributed by atoms with Gasteiger partial charge < -0.3 is 10.2 Å². The van der Waals surface area contributed by atoms with Crippen LogP contribution in [-0.2, 0) is 6.54 Å². The maximum absolute atomic E-state index is 13.3. The Labute approximate surface area is 119 Å². The summed E-state index contributed by atoms with van der Waals surface area (Å²) in [5.74, 6) is -0.209. The monoisotopic (exact) mass is 270 g/mol. The number of anilines is 2. The molecule has 0 unspecified atom stereocenters. The molecule has 0 saturated heterocycles. The van der Waals surface area contributed by atoms with E-state index in [2.05, 4.69) is 29.6 Å². The summed E-state index contributed by atoms with van der Waals surface area (Å²) in [7, 11) is 1.95. The van der Waals surface area contributed by atoms with Gasteiger partial charge in [-0.05, 0) is 48.7 Å². The van der Waals surface area contributed by atoms with Crippen molar-refractivity contribution >= 4 is 11.4 Å². The summed E-state index contributed by atoms with van der Waals surface area (Å²) in [6.07, 6.45) is 2.61. The maximum atomic E-state index is 13.3. The molecule has 1 fully saturated rings. The molecule has 0 heterocycles. The van der Waals surface area contributed by atoms with Gasteiger partial charge in [0.2, 0.25) is 0 Å². The molecule has 2 aromatic carbocycles. The zero-order chi connectivity index (χ0) is 13.9. The van der Waals surface area contributed by atoms with Crippen molar-refractivity contribution in [2.75, 3.05) is 11.9 Å². The molecule has 104 valence electrons. The first-order chi connectivity index (χ1) is 9.72. The fraction of sp³-hybridized carbons (Fsp3) is 0.294. The van der Waals surface area contributed by atoms with Gasteiger partial charge in [0.1, 0.15) is 5.82 Å². The van der Waals surface area contributed by atoms with E-state index in [4.69, 9.17) is 0 Å². The molecule has 0 aliphatic heterocycles. The first-order valence-corrected chi connectivity index (χ1v) is 7.04. The summed E-state index contributed by atoms with van der Waals surface area (Å²) < 4.78 is 13.3. The average Bonchev–Trinajstić information content (AvgIpc) is 3.29. The molecule has 2 nitrogen and oxygen atoms in total. The summed E-state index contributed by atoms with van der Waals surface area (Å²) in [5, 5.41) is 3.50. The van der Waals surface area contributed by atoms with Gasteiger partial charge in [-0.25, -0.2) is 4.39 Å². The molecule has 0 bridgehead atoms. The van der Waals surface area contributed by atoms with Crippen LogP contribution in [0.15, 0.2) is 48.5 Å². The van der Waals surface area contributed by atoms with Gasteiger partial charge in [-0.15, -0.1) is 0 Å². The van der Waals surface area contributed by atoms with Crippen LogP contribution in [0.3, 0.4) is 0 Å².